The second kappa shape index (κ2) is 6.66. The second-order valence-corrected chi connectivity index (χ2v) is 7.25. The van der Waals surface area contributed by atoms with Crippen LogP contribution in [0, 0.1) is 6.92 Å². The van der Waals surface area contributed by atoms with Crippen LogP contribution in [0.4, 0.5) is 13.2 Å². The average molecular weight is 418 g/mol. The van der Waals surface area contributed by atoms with Gasteiger partial charge in [-0.1, -0.05) is 6.07 Å². The Kier molecular flexibility index (Phi) is 4.38. The van der Waals surface area contributed by atoms with E-state index >= 15 is 0 Å². The number of aryl methyl sites for hydroxylation is 1. The molecule has 0 bridgehead atoms. The maximum absolute atomic E-state index is 13.1. The molecule has 0 radical (unpaired) electrons. The van der Waals surface area contributed by atoms with E-state index < -0.39 is 23.1 Å². The van der Waals surface area contributed by atoms with Crippen LogP contribution in [0.3, 0.4) is 0 Å². The zero-order valence-corrected chi connectivity index (χ0v) is 16.0. The summed E-state index contributed by atoms with van der Waals surface area (Å²) in [5.41, 5.74) is -0.985. The van der Waals surface area contributed by atoms with Gasteiger partial charge in [0.1, 0.15) is 5.69 Å². The number of halogens is 3. The van der Waals surface area contributed by atoms with E-state index in [1.165, 1.54) is 17.6 Å². The van der Waals surface area contributed by atoms with Crippen molar-refractivity contribution in [2.45, 2.75) is 13.1 Å². The summed E-state index contributed by atoms with van der Waals surface area (Å²) < 4.78 is 44.6. The maximum atomic E-state index is 13.1. The van der Waals surface area contributed by atoms with E-state index in [4.69, 9.17) is 0 Å². The van der Waals surface area contributed by atoms with Crippen molar-refractivity contribution in [3.63, 3.8) is 0 Å². The molecule has 0 fully saturated rings. The van der Waals surface area contributed by atoms with Crippen molar-refractivity contribution in [1.82, 2.24) is 18.5 Å². The fourth-order valence-electron chi connectivity index (χ4n) is 2.99. The standard InChI is InChI=1S/C19H13F3N4O2S/c1-10-3-5-14(23-9-10)17-12-7-11(4-6-13(12)24-29-17)26-16(27)8-15(19(20,21)22)25(2)18(26)28/h3-9H,1-2H3. The van der Waals surface area contributed by atoms with Crippen LogP contribution in [-0.2, 0) is 13.2 Å². The third-order valence-corrected chi connectivity index (χ3v) is 5.37. The Balaban J connectivity index is 1.93. The molecule has 29 heavy (non-hydrogen) atoms. The lowest BCUT2D eigenvalue weighted by Crippen LogP contribution is -2.40. The van der Waals surface area contributed by atoms with E-state index in [-0.39, 0.29) is 5.69 Å². The molecule has 0 aliphatic rings. The summed E-state index contributed by atoms with van der Waals surface area (Å²) in [5, 5.41) is 0.651. The summed E-state index contributed by atoms with van der Waals surface area (Å²) in [4.78, 5) is 30.0. The van der Waals surface area contributed by atoms with Crippen molar-refractivity contribution in [3.8, 4) is 16.3 Å². The number of alkyl halides is 3. The van der Waals surface area contributed by atoms with Crippen molar-refractivity contribution >= 4 is 22.4 Å². The van der Waals surface area contributed by atoms with Crippen LogP contribution in [0.25, 0.3) is 27.2 Å². The van der Waals surface area contributed by atoms with Gasteiger partial charge in [0.2, 0.25) is 0 Å². The van der Waals surface area contributed by atoms with Gasteiger partial charge in [-0.2, -0.15) is 17.5 Å². The number of aromatic nitrogens is 4. The minimum atomic E-state index is -4.81. The van der Waals surface area contributed by atoms with Crippen LogP contribution in [0.1, 0.15) is 11.3 Å². The van der Waals surface area contributed by atoms with Crippen LogP contribution in [0.15, 0.2) is 52.2 Å². The van der Waals surface area contributed by atoms with Crippen LogP contribution in [0.5, 0.6) is 0 Å². The van der Waals surface area contributed by atoms with Gasteiger partial charge in [-0.3, -0.25) is 14.3 Å². The molecular formula is C19H13F3N4O2S. The molecule has 0 aliphatic carbocycles. The first kappa shape index (κ1) is 19.1. The Labute approximate surface area is 165 Å². The van der Waals surface area contributed by atoms with Gasteiger partial charge in [-0.25, -0.2) is 9.36 Å². The van der Waals surface area contributed by atoms with E-state index in [1.807, 2.05) is 19.1 Å². The van der Waals surface area contributed by atoms with Gasteiger partial charge < -0.3 is 0 Å². The number of hydrogen-bond donors (Lipinski definition) is 0. The van der Waals surface area contributed by atoms with Gasteiger partial charge in [-0.15, -0.1) is 0 Å². The van der Waals surface area contributed by atoms with Gasteiger partial charge in [0.15, 0.2) is 0 Å². The molecule has 0 saturated carbocycles. The van der Waals surface area contributed by atoms with E-state index in [0.29, 0.717) is 31.8 Å². The zero-order valence-electron chi connectivity index (χ0n) is 15.2. The molecule has 0 amide bonds. The first-order chi connectivity index (χ1) is 13.7. The number of pyridine rings is 1. The molecule has 0 saturated heterocycles. The Morgan fingerprint density at radius 2 is 1.83 bits per heavy atom. The van der Waals surface area contributed by atoms with Crippen LogP contribution < -0.4 is 11.2 Å². The minimum Gasteiger partial charge on any atom is -0.292 e. The molecule has 0 atom stereocenters. The number of hydrogen-bond acceptors (Lipinski definition) is 5. The average Bonchev–Trinajstić information content (AvgIpc) is 3.08. The summed E-state index contributed by atoms with van der Waals surface area (Å²) in [5.74, 6) is 0. The molecule has 4 aromatic rings. The van der Waals surface area contributed by atoms with Gasteiger partial charge in [0.25, 0.3) is 5.56 Å². The molecule has 0 aliphatic heterocycles. The lowest BCUT2D eigenvalue weighted by molar-refractivity contribution is -0.144. The molecule has 6 nitrogen and oxygen atoms in total. The Hall–Kier alpha value is -3.27. The SMILES string of the molecule is Cc1ccc(-c2snc3ccc(-n4c(=O)cc(C(F)(F)F)n(C)c4=O)cc23)nc1. The van der Waals surface area contributed by atoms with Crippen molar-refractivity contribution in [2.75, 3.05) is 0 Å². The summed E-state index contributed by atoms with van der Waals surface area (Å²) in [6, 6.07) is 8.80. The highest BCUT2D eigenvalue weighted by Gasteiger charge is 2.35. The van der Waals surface area contributed by atoms with Gasteiger partial charge >= 0.3 is 11.9 Å². The molecule has 148 valence electrons. The van der Waals surface area contributed by atoms with Crippen molar-refractivity contribution < 1.29 is 13.2 Å². The fraction of sp³-hybridized carbons (Fsp3) is 0.158. The number of rotatable bonds is 2. The minimum absolute atomic E-state index is 0.158. The Morgan fingerprint density at radius 1 is 1.07 bits per heavy atom. The fourth-order valence-corrected chi connectivity index (χ4v) is 3.82. The molecule has 10 heteroatoms. The summed E-state index contributed by atoms with van der Waals surface area (Å²) >= 11 is 1.21. The highest BCUT2D eigenvalue weighted by Crippen LogP contribution is 2.32. The lowest BCUT2D eigenvalue weighted by Gasteiger charge is -2.14. The molecule has 1 aromatic carbocycles. The first-order valence-electron chi connectivity index (χ1n) is 8.40. The molecule has 3 heterocycles. The summed E-state index contributed by atoms with van der Waals surface area (Å²) in [6.07, 6.45) is -3.10. The monoisotopic (exact) mass is 418 g/mol. The highest BCUT2D eigenvalue weighted by atomic mass is 32.1. The predicted molar refractivity (Wildman–Crippen MR) is 103 cm³/mol. The first-order valence-corrected chi connectivity index (χ1v) is 9.17. The lowest BCUT2D eigenvalue weighted by atomic mass is 10.1. The van der Waals surface area contributed by atoms with Crippen molar-refractivity contribution in [3.05, 3.63) is 74.7 Å². The predicted octanol–water partition coefficient (Wildman–Crippen LogP) is 3.54. The quantitative estimate of drug-likeness (QED) is 0.499. The smallest absolute Gasteiger partial charge is 0.292 e. The van der Waals surface area contributed by atoms with Gasteiger partial charge in [-0.05, 0) is 48.3 Å². The van der Waals surface area contributed by atoms with Gasteiger partial charge in [0.05, 0.1) is 21.8 Å². The third-order valence-electron chi connectivity index (χ3n) is 4.47. The molecule has 0 unspecified atom stereocenters. The topological polar surface area (TPSA) is 69.8 Å². The molecule has 0 spiro atoms. The third kappa shape index (κ3) is 3.25. The molecule has 0 N–H and O–H groups in total. The van der Waals surface area contributed by atoms with Crippen LogP contribution in [-0.4, -0.2) is 18.5 Å². The van der Waals surface area contributed by atoms with Gasteiger partial charge in [0, 0.05) is 24.7 Å². The van der Waals surface area contributed by atoms with E-state index in [0.717, 1.165) is 17.5 Å². The van der Waals surface area contributed by atoms with Crippen molar-refractivity contribution in [2.24, 2.45) is 7.05 Å². The normalized spacial score (nSPS) is 11.9. The zero-order chi connectivity index (χ0) is 20.9. The van der Waals surface area contributed by atoms with Crippen molar-refractivity contribution in [1.29, 1.82) is 0 Å². The highest BCUT2D eigenvalue weighted by molar-refractivity contribution is 7.11. The van der Waals surface area contributed by atoms with E-state index in [1.54, 1.807) is 18.3 Å². The second-order valence-electron chi connectivity index (χ2n) is 6.48. The number of benzene rings is 1. The molecule has 3 aromatic heterocycles. The Morgan fingerprint density at radius 3 is 2.48 bits per heavy atom. The molecular weight excluding hydrogens is 405 g/mol. The summed E-state index contributed by atoms with van der Waals surface area (Å²) in [6.45, 7) is 1.91. The Bertz CT molecular complexity index is 1350. The van der Waals surface area contributed by atoms with Crippen LogP contribution in [0.2, 0.25) is 0 Å². The van der Waals surface area contributed by atoms with E-state index in [2.05, 4.69) is 9.36 Å². The van der Waals surface area contributed by atoms with E-state index in [9.17, 15) is 22.8 Å². The number of nitrogens with zero attached hydrogens (tertiary/aromatic N) is 4. The maximum Gasteiger partial charge on any atom is 0.431 e. The largest absolute Gasteiger partial charge is 0.431 e. The van der Waals surface area contributed by atoms with Crippen LogP contribution >= 0.6 is 11.5 Å². The number of fused-ring (bicyclic) bond motifs is 1. The summed E-state index contributed by atoms with van der Waals surface area (Å²) in [7, 11) is 0.980. The molecule has 4 rings (SSSR count).